The lowest BCUT2D eigenvalue weighted by Gasteiger charge is -2.14. The summed E-state index contributed by atoms with van der Waals surface area (Å²) >= 11 is 0. The van der Waals surface area contributed by atoms with Crippen molar-refractivity contribution >= 4 is 17.5 Å². The third kappa shape index (κ3) is 4.79. The highest BCUT2D eigenvalue weighted by atomic mass is 16.5. The average Bonchev–Trinajstić information content (AvgIpc) is 2.66. The maximum absolute atomic E-state index is 12.2. The molecule has 132 valence electrons. The SMILES string of the molecule is CCNc1ccc(-c2ccc(C(=O)N[C@@H](CN)C(=O)NO)cc2)cc1. The van der Waals surface area contributed by atoms with Crippen molar-refractivity contribution < 1.29 is 14.8 Å². The Morgan fingerprint density at radius 1 is 1.04 bits per heavy atom. The Morgan fingerprint density at radius 3 is 2.08 bits per heavy atom. The highest BCUT2D eigenvalue weighted by Gasteiger charge is 2.19. The van der Waals surface area contributed by atoms with E-state index in [-0.39, 0.29) is 6.54 Å². The van der Waals surface area contributed by atoms with Crippen molar-refractivity contribution in [3.8, 4) is 11.1 Å². The van der Waals surface area contributed by atoms with Gasteiger partial charge in [0.1, 0.15) is 6.04 Å². The number of nitrogens with two attached hydrogens (primary N) is 1. The summed E-state index contributed by atoms with van der Waals surface area (Å²) in [6, 6.07) is 14.0. The lowest BCUT2D eigenvalue weighted by atomic mass is 10.0. The Balaban J connectivity index is 2.08. The molecule has 0 unspecified atom stereocenters. The van der Waals surface area contributed by atoms with E-state index >= 15 is 0 Å². The number of hydroxylamine groups is 1. The Kier molecular flexibility index (Phi) is 6.50. The number of anilines is 1. The van der Waals surface area contributed by atoms with Gasteiger partial charge in [0, 0.05) is 24.3 Å². The number of hydrogen-bond donors (Lipinski definition) is 5. The average molecular weight is 342 g/mol. The minimum atomic E-state index is -0.990. The number of carbonyl (C=O) groups excluding carboxylic acids is 2. The molecule has 7 heteroatoms. The lowest BCUT2D eigenvalue weighted by Crippen LogP contribution is -2.50. The van der Waals surface area contributed by atoms with Gasteiger partial charge in [-0.1, -0.05) is 24.3 Å². The molecular weight excluding hydrogens is 320 g/mol. The molecule has 0 aromatic heterocycles. The number of benzene rings is 2. The van der Waals surface area contributed by atoms with Crippen molar-refractivity contribution in [3.63, 3.8) is 0 Å². The standard InChI is InChI=1S/C18H22N4O3/c1-2-20-15-9-7-13(8-10-15)12-3-5-14(6-4-12)17(23)21-16(11-19)18(24)22-25/h3-10,16,20,25H,2,11,19H2,1H3,(H,21,23)(H,22,24)/t16-/m0/s1. The molecule has 0 radical (unpaired) electrons. The van der Waals surface area contributed by atoms with Gasteiger partial charge in [-0.25, -0.2) is 5.48 Å². The Morgan fingerprint density at radius 2 is 1.60 bits per heavy atom. The van der Waals surface area contributed by atoms with E-state index in [0.29, 0.717) is 5.56 Å². The summed E-state index contributed by atoms with van der Waals surface area (Å²) in [5.41, 5.74) is 10.4. The van der Waals surface area contributed by atoms with Crippen molar-refractivity contribution in [1.82, 2.24) is 10.8 Å². The number of rotatable bonds is 7. The van der Waals surface area contributed by atoms with Gasteiger partial charge in [-0.15, -0.1) is 0 Å². The minimum Gasteiger partial charge on any atom is -0.385 e. The Bertz CT molecular complexity index is 714. The van der Waals surface area contributed by atoms with Crippen LogP contribution in [0, 0.1) is 0 Å². The quantitative estimate of drug-likeness (QED) is 0.385. The molecule has 6 N–H and O–H groups in total. The summed E-state index contributed by atoms with van der Waals surface area (Å²) in [5, 5.41) is 14.3. The van der Waals surface area contributed by atoms with Gasteiger partial charge in [-0.2, -0.15) is 0 Å². The zero-order valence-electron chi connectivity index (χ0n) is 14.0. The molecule has 25 heavy (non-hydrogen) atoms. The molecule has 2 aromatic rings. The highest BCUT2D eigenvalue weighted by Crippen LogP contribution is 2.22. The van der Waals surface area contributed by atoms with Crippen molar-refractivity contribution in [2.45, 2.75) is 13.0 Å². The van der Waals surface area contributed by atoms with Crippen molar-refractivity contribution in [1.29, 1.82) is 0 Å². The van der Waals surface area contributed by atoms with E-state index in [2.05, 4.69) is 10.6 Å². The van der Waals surface area contributed by atoms with Crippen molar-refractivity contribution in [3.05, 3.63) is 54.1 Å². The van der Waals surface area contributed by atoms with E-state index in [9.17, 15) is 9.59 Å². The van der Waals surface area contributed by atoms with Crippen LogP contribution in [0.15, 0.2) is 48.5 Å². The first-order valence-corrected chi connectivity index (χ1v) is 7.98. The molecule has 0 spiro atoms. The summed E-state index contributed by atoms with van der Waals surface area (Å²) in [4.78, 5) is 23.5. The van der Waals surface area contributed by atoms with Gasteiger partial charge < -0.3 is 16.4 Å². The van der Waals surface area contributed by atoms with E-state index in [0.717, 1.165) is 23.4 Å². The van der Waals surface area contributed by atoms with Crippen LogP contribution in [0.1, 0.15) is 17.3 Å². The minimum absolute atomic E-state index is 0.117. The molecule has 0 heterocycles. The molecule has 0 fully saturated rings. The van der Waals surface area contributed by atoms with Gasteiger partial charge >= 0.3 is 0 Å². The van der Waals surface area contributed by atoms with Crippen molar-refractivity contribution in [2.75, 3.05) is 18.4 Å². The zero-order valence-corrected chi connectivity index (χ0v) is 14.0. The number of carbonyl (C=O) groups is 2. The van der Waals surface area contributed by atoms with Gasteiger partial charge in [0.2, 0.25) is 0 Å². The number of hydrogen-bond acceptors (Lipinski definition) is 5. The van der Waals surface area contributed by atoms with Gasteiger partial charge in [-0.3, -0.25) is 14.8 Å². The molecule has 0 aliphatic carbocycles. The van der Waals surface area contributed by atoms with Crippen LogP contribution in [0.25, 0.3) is 11.1 Å². The van der Waals surface area contributed by atoms with Crippen LogP contribution >= 0.6 is 0 Å². The van der Waals surface area contributed by atoms with Crippen LogP contribution < -0.4 is 21.8 Å². The molecule has 0 saturated heterocycles. The second kappa shape index (κ2) is 8.81. The molecule has 0 aliphatic heterocycles. The summed E-state index contributed by atoms with van der Waals surface area (Å²) in [5.74, 6) is -1.19. The first-order chi connectivity index (χ1) is 12.1. The van der Waals surface area contributed by atoms with Crippen LogP contribution in [0.3, 0.4) is 0 Å². The third-order valence-electron chi connectivity index (χ3n) is 3.71. The summed E-state index contributed by atoms with van der Waals surface area (Å²) < 4.78 is 0. The third-order valence-corrected chi connectivity index (χ3v) is 3.71. The lowest BCUT2D eigenvalue weighted by molar-refractivity contribution is -0.130. The largest absolute Gasteiger partial charge is 0.385 e. The number of amides is 2. The predicted octanol–water partition coefficient (Wildman–Crippen LogP) is 1.35. The summed E-state index contributed by atoms with van der Waals surface area (Å²) in [6.07, 6.45) is 0. The fourth-order valence-electron chi connectivity index (χ4n) is 2.35. The van der Waals surface area contributed by atoms with E-state index in [4.69, 9.17) is 10.9 Å². The van der Waals surface area contributed by atoms with Crippen LogP contribution in [0.5, 0.6) is 0 Å². The topological polar surface area (TPSA) is 116 Å². The molecule has 1 atom stereocenters. The monoisotopic (exact) mass is 342 g/mol. The molecule has 0 saturated carbocycles. The second-order valence-electron chi connectivity index (χ2n) is 5.42. The maximum Gasteiger partial charge on any atom is 0.267 e. The van der Waals surface area contributed by atoms with Gasteiger partial charge in [0.05, 0.1) is 0 Å². The normalized spacial score (nSPS) is 11.5. The van der Waals surface area contributed by atoms with Crippen molar-refractivity contribution in [2.24, 2.45) is 5.73 Å². The first-order valence-electron chi connectivity index (χ1n) is 7.98. The molecule has 2 amide bonds. The van der Waals surface area contributed by atoms with Crippen LogP contribution in [-0.4, -0.2) is 36.2 Å². The molecule has 0 aliphatic rings. The van der Waals surface area contributed by atoms with E-state index in [1.54, 1.807) is 12.1 Å². The summed E-state index contributed by atoms with van der Waals surface area (Å²) in [7, 11) is 0. The van der Waals surface area contributed by atoms with Crippen LogP contribution in [0.4, 0.5) is 5.69 Å². The van der Waals surface area contributed by atoms with Gasteiger partial charge in [-0.05, 0) is 42.3 Å². The first kappa shape index (κ1) is 18.4. The Labute approximate surface area is 146 Å². The molecular formula is C18H22N4O3. The molecule has 2 rings (SSSR count). The molecule has 0 bridgehead atoms. The van der Waals surface area contributed by atoms with Crippen LogP contribution in [0.2, 0.25) is 0 Å². The van der Waals surface area contributed by atoms with E-state index in [1.165, 1.54) is 5.48 Å². The smallest absolute Gasteiger partial charge is 0.267 e. The number of nitrogens with one attached hydrogen (secondary N) is 3. The van der Waals surface area contributed by atoms with Crippen LogP contribution in [-0.2, 0) is 4.79 Å². The summed E-state index contributed by atoms with van der Waals surface area (Å²) in [6.45, 7) is 2.78. The van der Waals surface area contributed by atoms with Gasteiger partial charge in [0.15, 0.2) is 0 Å². The Hall–Kier alpha value is -2.90. The maximum atomic E-state index is 12.2. The van der Waals surface area contributed by atoms with E-state index in [1.807, 2.05) is 43.3 Å². The van der Waals surface area contributed by atoms with E-state index < -0.39 is 17.9 Å². The van der Waals surface area contributed by atoms with Gasteiger partial charge in [0.25, 0.3) is 11.8 Å². The zero-order chi connectivity index (χ0) is 18.2. The fourth-order valence-corrected chi connectivity index (χ4v) is 2.35. The second-order valence-corrected chi connectivity index (χ2v) is 5.42. The predicted molar refractivity (Wildman–Crippen MR) is 96.3 cm³/mol. The fraction of sp³-hybridized carbons (Fsp3) is 0.222. The molecule has 2 aromatic carbocycles. The highest BCUT2D eigenvalue weighted by molar-refractivity contribution is 5.97. The molecule has 7 nitrogen and oxygen atoms in total.